The van der Waals surface area contributed by atoms with Crippen LogP contribution in [-0.2, 0) is 19.1 Å². The lowest BCUT2D eigenvalue weighted by molar-refractivity contribution is -0.153. The van der Waals surface area contributed by atoms with Crippen molar-refractivity contribution in [2.45, 2.75) is 51.6 Å². The number of esters is 1. The molecule has 2 unspecified atom stereocenters. The van der Waals surface area contributed by atoms with Gasteiger partial charge in [-0.05, 0) is 18.8 Å². The molecule has 7 heteroatoms. The Labute approximate surface area is 124 Å². The minimum absolute atomic E-state index is 0.0113. The highest BCUT2D eigenvalue weighted by atomic mass is 16.5. The summed E-state index contributed by atoms with van der Waals surface area (Å²) in [4.78, 5) is 34.0. The Balaban J connectivity index is 2.43. The van der Waals surface area contributed by atoms with Gasteiger partial charge in [-0.3, -0.25) is 14.4 Å². The zero-order valence-electron chi connectivity index (χ0n) is 12.5. The summed E-state index contributed by atoms with van der Waals surface area (Å²) in [5.41, 5.74) is 5.50. The van der Waals surface area contributed by atoms with Crippen molar-refractivity contribution in [1.82, 2.24) is 5.32 Å². The van der Waals surface area contributed by atoms with E-state index >= 15 is 0 Å². The van der Waals surface area contributed by atoms with E-state index in [0.29, 0.717) is 0 Å². The summed E-state index contributed by atoms with van der Waals surface area (Å²) in [6, 6.07) is -1.48. The molecule has 0 aromatic carbocycles. The van der Waals surface area contributed by atoms with Crippen molar-refractivity contribution in [3.05, 3.63) is 0 Å². The quantitative estimate of drug-likeness (QED) is 0.554. The van der Waals surface area contributed by atoms with E-state index in [4.69, 9.17) is 15.6 Å². The van der Waals surface area contributed by atoms with Crippen molar-refractivity contribution in [3.63, 3.8) is 0 Å². The molecule has 0 aliphatic heterocycles. The normalized spacial score (nSPS) is 17.7. The van der Waals surface area contributed by atoms with Gasteiger partial charge in [0, 0.05) is 0 Å². The molecule has 21 heavy (non-hydrogen) atoms. The van der Waals surface area contributed by atoms with Crippen LogP contribution >= 0.6 is 0 Å². The molecule has 0 saturated heterocycles. The largest absolute Gasteiger partial charge is 0.481 e. The predicted octanol–water partition coefficient (Wildman–Crippen LogP) is 0.273. The van der Waals surface area contributed by atoms with Gasteiger partial charge in [-0.2, -0.15) is 0 Å². The maximum atomic E-state index is 11.8. The molecule has 7 nitrogen and oxygen atoms in total. The minimum Gasteiger partial charge on any atom is -0.481 e. The summed E-state index contributed by atoms with van der Waals surface area (Å²) in [6.45, 7) is 3.84. The van der Waals surface area contributed by atoms with Crippen LogP contribution in [0.25, 0.3) is 0 Å². The fourth-order valence-electron chi connectivity index (χ4n) is 1.91. The van der Waals surface area contributed by atoms with Crippen LogP contribution in [0, 0.1) is 11.8 Å². The minimum atomic E-state index is -1.13. The third-order valence-electron chi connectivity index (χ3n) is 3.71. The molecular formula is C14H24N2O5. The average Bonchev–Trinajstić information content (AvgIpc) is 2.30. The summed E-state index contributed by atoms with van der Waals surface area (Å²) in [5.74, 6) is -1.87. The van der Waals surface area contributed by atoms with Crippen LogP contribution in [0.5, 0.6) is 0 Å². The second kappa shape index (κ2) is 7.97. The number of amides is 1. The van der Waals surface area contributed by atoms with Gasteiger partial charge in [0.1, 0.15) is 6.61 Å². The average molecular weight is 300 g/mol. The van der Waals surface area contributed by atoms with Crippen LogP contribution in [0.3, 0.4) is 0 Å². The van der Waals surface area contributed by atoms with Gasteiger partial charge < -0.3 is 20.9 Å². The van der Waals surface area contributed by atoms with Crippen LogP contribution in [0.15, 0.2) is 0 Å². The second-order valence-electron chi connectivity index (χ2n) is 5.82. The monoisotopic (exact) mass is 300 g/mol. The van der Waals surface area contributed by atoms with E-state index in [-0.39, 0.29) is 30.5 Å². The van der Waals surface area contributed by atoms with Gasteiger partial charge >= 0.3 is 11.9 Å². The first-order valence-corrected chi connectivity index (χ1v) is 7.25. The lowest BCUT2D eigenvalue weighted by atomic mass is 9.86. The zero-order valence-corrected chi connectivity index (χ0v) is 12.5. The smallest absolute Gasteiger partial charge is 0.309 e. The lowest BCUT2D eigenvalue weighted by Crippen LogP contribution is -2.50. The summed E-state index contributed by atoms with van der Waals surface area (Å²) >= 11 is 0. The third-order valence-corrected chi connectivity index (χ3v) is 3.71. The SMILES string of the molecule is CC(C)C(COC(=O)C1CCC1)NC(=O)C(N)CC(=O)O. The molecule has 1 fully saturated rings. The Bertz CT molecular complexity index is 393. The van der Waals surface area contributed by atoms with Crippen LogP contribution in [0.4, 0.5) is 0 Å². The Morgan fingerprint density at radius 2 is 1.95 bits per heavy atom. The highest BCUT2D eigenvalue weighted by molar-refractivity contribution is 5.86. The van der Waals surface area contributed by atoms with E-state index in [1.54, 1.807) is 0 Å². The fraction of sp³-hybridized carbons (Fsp3) is 0.786. The molecule has 120 valence electrons. The molecule has 0 radical (unpaired) electrons. The first-order chi connectivity index (χ1) is 9.81. The van der Waals surface area contributed by atoms with Crippen molar-refractivity contribution in [3.8, 4) is 0 Å². The molecule has 0 aromatic heterocycles. The van der Waals surface area contributed by atoms with Crippen molar-refractivity contribution < 1.29 is 24.2 Å². The highest BCUT2D eigenvalue weighted by Gasteiger charge is 2.28. The molecule has 1 aliphatic carbocycles. The number of hydrogen-bond donors (Lipinski definition) is 3. The molecule has 0 spiro atoms. The van der Waals surface area contributed by atoms with Crippen molar-refractivity contribution in [2.75, 3.05) is 6.61 Å². The van der Waals surface area contributed by atoms with Crippen LogP contribution in [0.1, 0.15) is 39.5 Å². The van der Waals surface area contributed by atoms with Gasteiger partial charge in [-0.15, -0.1) is 0 Å². The summed E-state index contributed by atoms with van der Waals surface area (Å²) in [7, 11) is 0. The number of hydrogen-bond acceptors (Lipinski definition) is 5. The second-order valence-corrected chi connectivity index (χ2v) is 5.82. The predicted molar refractivity (Wildman–Crippen MR) is 75.3 cm³/mol. The number of carboxylic acid groups (broad SMARTS) is 1. The number of rotatable bonds is 8. The molecule has 1 rings (SSSR count). The summed E-state index contributed by atoms with van der Waals surface area (Å²) in [6.07, 6.45) is 2.34. The van der Waals surface area contributed by atoms with E-state index in [2.05, 4.69) is 5.32 Å². The van der Waals surface area contributed by atoms with E-state index in [1.807, 2.05) is 13.8 Å². The topological polar surface area (TPSA) is 119 Å². The van der Waals surface area contributed by atoms with Crippen molar-refractivity contribution in [1.29, 1.82) is 0 Å². The van der Waals surface area contributed by atoms with Gasteiger partial charge in [-0.1, -0.05) is 20.3 Å². The first kappa shape index (κ1) is 17.4. The Kier molecular flexibility index (Phi) is 6.61. The van der Waals surface area contributed by atoms with Gasteiger partial charge in [0.15, 0.2) is 0 Å². The molecule has 1 aliphatic rings. The number of carbonyl (C=O) groups is 3. The van der Waals surface area contributed by atoms with Crippen LogP contribution in [-0.4, -0.2) is 41.6 Å². The van der Waals surface area contributed by atoms with Gasteiger partial charge in [0.2, 0.25) is 5.91 Å². The molecule has 0 aromatic rings. The molecular weight excluding hydrogens is 276 g/mol. The molecule has 0 bridgehead atoms. The molecule has 1 saturated carbocycles. The van der Waals surface area contributed by atoms with Crippen LogP contribution in [0.2, 0.25) is 0 Å². The molecule has 2 atom stereocenters. The van der Waals surface area contributed by atoms with E-state index < -0.39 is 24.3 Å². The van der Waals surface area contributed by atoms with Gasteiger partial charge in [0.05, 0.1) is 24.4 Å². The molecule has 0 heterocycles. The standard InChI is InChI=1S/C14H24N2O5/c1-8(2)11(7-21-14(20)9-4-3-5-9)16-13(19)10(15)6-12(17)18/h8-11H,3-7,15H2,1-2H3,(H,16,19)(H,17,18). The van der Waals surface area contributed by atoms with Gasteiger partial charge in [0.25, 0.3) is 0 Å². The first-order valence-electron chi connectivity index (χ1n) is 7.25. The van der Waals surface area contributed by atoms with Gasteiger partial charge in [-0.25, -0.2) is 0 Å². The Hall–Kier alpha value is -1.63. The number of nitrogens with one attached hydrogen (secondary N) is 1. The fourth-order valence-corrected chi connectivity index (χ4v) is 1.91. The Morgan fingerprint density at radius 1 is 1.33 bits per heavy atom. The van der Waals surface area contributed by atoms with E-state index in [1.165, 1.54) is 0 Å². The zero-order chi connectivity index (χ0) is 16.0. The third kappa shape index (κ3) is 5.71. The van der Waals surface area contributed by atoms with Crippen molar-refractivity contribution >= 4 is 17.8 Å². The maximum Gasteiger partial charge on any atom is 0.309 e. The van der Waals surface area contributed by atoms with E-state index in [9.17, 15) is 14.4 Å². The number of carbonyl (C=O) groups excluding carboxylic acids is 2. The number of nitrogens with two attached hydrogens (primary N) is 1. The summed E-state index contributed by atoms with van der Waals surface area (Å²) < 4.78 is 5.22. The maximum absolute atomic E-state index is 11.8. The lowest BCUT2D eigenvalue weighted by Gasteiger charge is -2.27. The van der Waals surface area contributed by atoms with E-state index in [0.717, 1.165) is 19.3 Å². The summed E-state index contributed by atoms with van der Waals surface area (Å²) in [5, 5.41) is 11.3. The molecule has 4 N–H and O–H groups in total. The number of ether oxygens (including phenoxy) is 1. The number of aliphatic carboxylic acids is 1. The van der Waals surface area contributed by atoms with Crippen molar-refractivity contribution in [2.24, 2.45) is 17.6 Å². The molecule has 1 amide bonds. The Morgan fingerprint density at radius 3 is 2.38 bits per heavy atom. The van der Waals surface area contributed by atoms with Crippen LogP contribution < -0.4 is 11.1 Å². The number of carboxylic acids is 1. The highest BCUT2D eigenvalue weighted by Crippen LogP contribution is 2.27.